The van der Waals surface area contributed by atoms with Crippen molar-refractivity contribution in [1.29, 1.82) is 0 Å². The second kappa shape index (κ2) is 11.6. The largest absolute Gasteiger partial charge is 0.382 e. The molecule has 9 heteroatoms. The van der Waals surface area contributed by atoms with Gasteiger partial charge in [-0.2, -0.15) is 0 Å². The van der Waals surface area contributed by atoms with Crippen molar-refractivity contribution in [3.05, 3.63) is 33.9 Å². The lowest BCUT2D eigenvalue weighted by Crippen LogP contribution is -2.26. The summed E-state index contributed by atoms with van der Waals surface area (Å²) in [5, 5.41) is 0.389. The van der Waals surface area contributed by atoms with Gasteiger partial charge in [0, 0.05) is 18.0 Å². The van der Waals surface area contributed by atoms with E-state index in [-0.39, 0.29) is 26.8 Å². The highest BCUT2D eigenvalue weighted by atomic mass is 35.5. The van der Waals surface area contributed by atoms with Gasteiger partial charge in [0.2, 0.25) is 5.78 Å². The first-order valence-corrected chi connectivity index (χ1v) is 11.6. The van der Waals surface area contributed by atoms with Crippen molar-refractivity contribution in [2.45, 2.75) is 52.0 Å². The predicted molar refractivity (Wildman–Crippen MR) is 121 cm³/mol. The van der Waals surface area contributed by atoms with E-state index in [1.807, 2.05) is 11.9 Å². The number of carbonyl (C=O) groups excluding carboxylic acids is 1. The molecule has 1 aliphatic carbocycles. The number of halogens is 1. The molecule has 5 N–H and O–H groups in total. The molecular weight excluding hydrogens is 414 g/mol. The van der Waals surface area contributed by atoms with Gasteiger partial charge in [-0.1, -0.05) is 68.0 Å². The topological polar surface area (TPSA) is 107 Å². The van der Waals surface area contributed by atoms with Crippen LogP contribution in [0.15, 0.2) is 18.3 Å². The van der Waals surface area contributed by atoms with Gasteiger partial charge in [-0.05, 0) is 30.9 Å². The van der Waals surface area contributed by atoms with Crippen LogP contribution in [0.5, 0.6) is 0 Å². The maximum absolute atomic E-state index is 12.0. The summed E-state index contributed by atoms with van der Waals surface area (Å²) < 4.78 is 3.57. The minimum atomic E-state index is -0.315. The molecule has 1 saturated carbocycles. The van der Waals surface area contributed by atoms with Gasteiger partial charge < -0.3 is 11.5 Å². The maximum Gasteiger partial charge on any atom is 0.209 e. The second-order valence-corrected chi connectivity index (χ2v) is 9.34. The van der Waals surface area contributed by atoms with Crippen molar-refractivity contribution in [3.63, 3.8) is 0 Å². The third-order valence-corrected chi connectivity index (χ3v) is 6.69. The Labute approximate surface area is 180 Å². The summed E-state index contributed by atoms with van der Waals surface area (Å²) >= 11 is 8.76. The van der Waals surface area contributed by atoms with E-state index in [1.165, 1.54) is 44.1 Å². The highest BCUT2D eigenvalue weighted by Crippen LogP contribution is 2.27. The van der Waals surface area contributed by atoms with Gasteiger partial charge in [-0.3, -0.25) is 9.52 Å². The molecule has 0 amide bonds. The van der Waals surface area contributed by atoms with Crippen molar-refractivity contribution in [2.75, 3.05) is 17.2 Å². The number of nitrogens with two attached hydrogens (primary N) is 2. The summed E-state index contributed by atoms with van der Waals surface area (Å²) in [6, 6.07) is 4.01. The zero-order valence-corrected chi connectivity index (χ0v) is 18.7. The number of rotatable bonds is 6. The van der Waals surface area contributed by atoms with Gasteiger partial charge in [-0.15, -0.1) is 0 Å². The van der Waals surface area contributed by atoms with Crippen LogP contribution in [-0.4, -0.2) is 27.5 Å². The molecule has 1 aliphatic rings. The highest BCUT2D eigenvalue weighted by Gasteiger charge is 2.19. The summed E-state index contributed by atoms with van der Waals surface area (Å²) in [6.45, 7) is 4.55. The Morgan fingerprint density at radius 3 is 2.64 bits per heavy atom. The van der Waals surface area contributed by atoms with Crippen molar-refractivity contribution in [2.24, 2.45) is 5.92 Å². The summed E-state index contributed by atoms with van der Waals surface area (Å²) in [4.78, 5) is 19.9. The van der Waals surface area contributed by atoms with Crippen molar-refractivity contribution in [1.82, 2.24) is 14.7 Å². The third kappa shape index (κ3) is 7.24. The lowest BCUT2D eigenvalue weighted by molar-refractivity contribution is 0.104. The molecule has 0 unspecified atom stereocenters. The SMILES string of the molecule is CC(C)CSNC1CCCCC1.Nc1nc(N)c(C(=O)c2cccnc2Cl)s1. The summed E-state index contributed by atoms with van der Waals surface area (Å²) in [6.07, 6.45) is 8.60. The van der Waals surface area contributed by atoms with Gasteiger partial charge in [0.05, 0.1) is 5.56 Å². The molecule has 0 atom stereocenters. The molecule has 1 fully saturated rings. The normalized spacial score (nSPS) is 14.6. The Morgan fingerprint density at radius 2 is 2.07 bits per heavy atom. The van der Waals surface area contributed by atoms with Crippen molar-refractivity contribution < 1.29 is 4.79 Å². The number of ketones is 1. The predicted octanol–water partition coefficient (Wildman–Crippen LogP) is 4.80. The smallest absolute Gasteiger partial charge is 0.209 e. The van der Waals surface area contributed by atoms with Crippen LogP contribution in [0.2, 0.25) is 5.15 Å². The zero-order valence-electron chi connectivity index (χ0n) is 16.3. The number of aromatic nitrogens is 2. The van der Waals surface area contributed by atoms with E-state index in [0.29, 0.717) is 5.56 Å². The fourth-order valence-electron chi connectivity index (χ4n) is 2.74. The Balaban J connectivity index is 0.000000209. The Kier molecular flexibility index (Phi) is 9.50. The number of nitrogens with zero attached hydrogens (tertiary/aromatic N) is 2. The number of pyridine rings is 1. The lowest BCUT2D eigenvalue weighted by atomic mass is 9.96. The highest BCUT2D eigenvalue weighted by molar-refractivity contribution is 7.97. The van der Waals surface area contributed by atoms with Crippen LogP contribution in [0, 0.1) is 5.92 Å². The number of anilines is 2. The molecule has 2 aromatic heterocycles. The second-order valence-electron chi connectivity index (χ2n) is 7.10. The van der Waals surface area contributed by atoms with Crippen molar-refractivity contribution in [3.8, 4) is 0 Å². The molecule has 0 saturated heterocycles. The molecular formula is C19H28ClN5OS2. The van der Waals surface area contributed by atoms with Gasteiger partial charge in [0.1, 0.15) is 15.8 Å². The average Bonchev–Trinajstić information content (AvgIpc) is 3.01. The molecule has 3 rings (SSSR count). The zero-order chi connectivity index (χ0) is 20.5. The summed E-state index contributed by atoms with van der Waals surface area (Å²) in [7, 11) is 0. The maximum atomic E-state index is 12.0. The number of thiazole rings is 1. The molecule has 2 heterocycles. The molecule has 0 radical (unpaired) electrons. The summed E-state index contributed by atoms with van der Waals surface area (Å²) in [5.41, 5.74) is 11.3. The number of hydrogen-bond acceptors (Lipinski definition) is 8. The van der Waals surface area contributed by atoms with Gasteiger partial charge in [0.15, 0.2) is 5.13 Å². The van der Waals surface area contributed by atoms with E-state index in [9.17, 15) is 4.79 Å². The Morgan fingerprint density at radius 1 is 1.36 bits per heavy atom. The Hall–Kier alpha value is -1.35. The molecule has 154 valence electrons. The van der Waals surface area contributed by atoms with Gasteiger partial charge >= 0.3 is 0 Å². The number of nitrogens with one attached hydrogen (secondary N) is 1. The average molecular weight is 442 g/mol. The van der Waals surface area contributed by atoms with Gasteiger partial charge in [-0.25, -0.2) is 9.97 Å². The molecule has 6 nitrogen and oxygen atoms in total. The van der Waals surface area contributed by atoms with E-state index in [1.54, 1.807) is 12.1 Å². The third-order valence-electron chi connectivity index (χ3n) is 4.15. The Bertz CT molecular complexity index is 763. The lowest BCUT2D eigenvalue weighted by Gasteiger charge is -2.22. The first-order valence-electron chi connectivity index (χ1n) is 9.42. The van der Waals surface area contributed by atoms with E-state index >= 15 is 0 Å². The molecule has 0 aromatic carbocycles. The van der Waals surface area contributed by atoms with E-state index < -0.39 is 0 Å². The minimum Gasteiger partial charge on any atom is -0.382 e. The number of hydrogen-bond donors (Lipinski definition) is 3. The van der Waals surface area contributed by atoms with Crippen LogP contribution in [0.3, 0.4) is 0 Å². The quantitative estimate of drug-likeness (QED) is 0.335. The molecule has 0 bridgehead atoms. The fourth-order valence-corrected chi connectivity index (χ4v) is 4.55. The van der Waals surface area contributed by atoms with Crippen LogP contribution in [-0.2, 0) is 0 Å². The summed E-state index contributed by atoms with van der Waals surface area (Å²) in [5.74, 6) is 1.86. The van der Waals surface area contributed by atoms with Crippen molar-refractivity contribution >= 4 is 51.6 Å². The first-order chi connectivity index (χ1) is 13.4. The van der Waals surface area contributed by atoms with Crippen LogP contribution in [0.4, 0.5) is 10.9 Å². The van der Waals surface area contributed by atoms with Crippen LogP contribution >= 0.6 is 34.9 Å². The minimum absolute atomic E-state index is 0.118. The number of nitrogen functional groups attached to an aromatic ring is 2. The van der Waals surface area contributed by atoms with E-state index in [4.69, 9.17) is 23.1 Å². The molecule has 0 aliphatic heterocycles. The van der Waals surface area contributed by atoms with Crippen LogP contribution in [0.25, 0.3) is 0 Å². The van der Waals surface area contributed by atoms with E-state index in [0.717, 1.165) is 23.3 Å². The van der Waals surface area contributed by atoms with Crippen LogP contribution < -0.4 is 16.2 Å². The monoisotopic (exact) mass is 441 g/mol. The molecule has 2 aromatic rings. The number of carbonyl (C=O) groups is 1. The fraction of sp³-hybridized carbons (Fsp3) is 0.526. The van der Waals surface area contributed by atoms with Crippen LogP contribution in [0.1, 0.15) is 61.2 Å². The first kappa shape index (κ1) is 22.9. The van der Waals surface area contributed by atoms with E-state index in [2.05, 4.69) is 28.5 Å². The van der Waals surface area contributed by atoms with Gasteiger partial charge in [0.25, 0.3) is 0 Å². The standard InChI is InChI=1S/C10H21NS.C9H7ClN4OS/c1-9(2)8-12-11-10-6-4-3-5-7-10;10-7-4(2-1-3-13-7)5(15)6-8(11)14-9(12)16-6/h9-11H,3-8H2,1-2H3;1-3H,11H2,(H2,12,14). The molecule has 28 heavy (non-hydrogen) atoms. The molecule has 0 spiro atoms.